The molecule has 66 valence electrons. The van der Waals surface area contributed by atoms with Crippen LogP contribution in [-0.2, 0) is 0 Å². The van der Waals surface area contributed by atoms with Crippen LogP contribution in [0.5, 0.6) is 0 Å². The third-order valence-electron chi connectivity index (χ3n) is 2.18. The summed E-state index contributed by atoms with van der Waals surface area (Å²) in [6, 6.07) is 4.06. The molecule has 2 heteroatoms. The highest BCUT2D eigenvalue weighted by Crippen LogP contribution is 2.26. The van der Waals surface area contributed by atoms with E-state index in [0.29, 0.717) is 0 Å². The van der Waals surface area contributed by atoms with Crippen molar-refractivity contribution in [3.05, 3.63) is 33.8 Å². The minimum Gasteiger partial charge on any atom is -0.324 e. The molecule has 0 aliphatic carbocycles. The predicted molar refractivity (Wildman–Crippen MR) is 53.5 cm³/mol. The SMILES string of the molecule is Cc1ccc(C(C)N)c(Cl)c1C. The fourth-order valence-corrected chi connectivity index (χ4v) is 1.54. The number of nitrogens with two attached hydrogens (primary N) is 1. The summed E-state index contributed by atoms with van der Waals surface area (Å²) in [5.41, 5.74) is 9.12. The van der Waals surface area contributed by atoms with Crippen molar-refractivity contribution >= 4 is 11.6 Å². The standard InChI is InChI=1S/C10H14ClN/c1-6-4-5-9(8(3)12)10(11)7(6)2/h4-5,8H,12H2,1-3H3. The molecule has 0 saturated heterocycles. The summed E-state index contributed by atoms with van der Waals surface area (Å²) >= 11 is 6.11. The van der Waals surface area contributed by atoms with Gasteiger partial charge in [0, 0.05) is 11.1 Å². The quantitative estimate of drug-likeness (QED) is 0.712. The smallest absolute Gasteiger partial charge is 0.0485 e. The van der Waals surface area contributed by atoms with Crippen molar-refractivity contribution in [2.45, 2.75) is 26.8 Å². The molecule has 0 bridgehead atoms. The maximum atomic E-state index is 6.11. The summed E-state index contributed by atoms with van der Waals surface area (Å²) < 4.78 is 0. The van der Waals surface area contributed by atoms with Crippen LogP contribution in [0.1, 0.15) is 29.7 Å². The first-order valence-corrected chi connectivity index (χ1v) is 4.43. The van der Waals surface area contributed by atoms with Gasteiger partial charge in [-0.2, -0.15) is 0 Å². The first-order chi connectivity index (χ1) is 5.54. The van der Waals surface area contributed by atoms with Gasteiger partial charge in [0.1, 0.15) is 0 Å². The zero-order valence-electron chi connectivity index (χ0n) is 7.69. The van der Waals surface area contributed by atoms with Crippen molar-refractivity contribution in [2.24, 2.45) is 5.73 Å². The number of aryl methyl sites for hydroxylation is 1. The molecule has 1 atom stereocenters. The molecule has 1 nitrogen and oxygen atoms in total. The molecule has 2 N–H and O–H groups in total. The largest absolute Gasteiger partial charge is 0.324 e. The molecular weight excluding hydrogens is 170 g/mol. The van der Waals surface area contributed by atoms with Crippen LogP contribution in [0.4, 0.5) is 0 Å². The van der Waals surface area contributed by atoms with Crippen molar-refractivity contribution in [3.8, 4) is 0 Å². The second-order valence-electron chi connectivity index (χ2n) is 3.20. The van der Waals surface area contributed by atoms with Crippen LogP contribution < -0.4 is 5.73 Å². The number of hydrogen-bond acceptors (Lipinski definition) is 1. The molecular formula is C10H14ClN. The summed E-state index contributed by atoms with van der Waals surface area (Å²) in [5.74, 6) is 0. The van der Waals surface area contributed by atoms with Crippen molar-refractivity contribution in [2.75, 3.05) is 0 Å². The third-order valence-corrected chi connectivity index (χ3v) is 2.68. The van der Waals surface area contributed by atoms with Gasteiger partial charge in [0.15, 0.2) is 0 Å². The molecule has 1 aromatic rings. The van der Waals surface area contributed by atoms with Gasteiger partial charge in [-0.15, -0.1) is 0 Å². The zero-order chi connectivity index (χ0) is 9.30. The predicted octanol–water partition coefficient (Wildman–Crippen LogP) is 2.98. The Morgan fingerprint density at radius 1 is 1.33 bits per heavy atom. The van der Waals surface area contributed by atoms with E-state index in [2.05, 4.69) is 6.07 Å². The van der Waals surface area contributed by atoms with E-state index in [-0.39, 0.29) is 6.04 Å². The molecule has 0 amide bonds. The van der Waals surface area contributed by atoms with E-state index in [1.54, 1.807) is 0 Å². The highest BCUT2D eigenvalue weighted by atomic mass is 35.5. The van der Waals surface area contributed by atoms with Crippen molar-refractivity contribution in [1.82, 2.24) is 0 Å². The molecule has 0 spiro atoms. The summed E-state index contributed by atoms with van der Waals surface area (Å²) in [7, 11) is 0. The highest BCUT2D eigenvalue weighted by molar-refractivity contribution is 6.32. The average molecular weight is 184 g/mol. The van der Waals surface area contributed by atoms with Crippen molar-refractivity contribution in [3.63, 3.8) is 0 Å². The summed E-state index contributed by atoms with van der Waals surface area (Å²) in [5, 5.41) is 0.810. The molecule has 0 aliphatic rings. The number of hydrogen-bond donors (Lipinski definition) is 1. The highest BCUT2D eigenvalue weighted by Gasteiger charge is 2.08. The van der Waals surface area contributed by atoms with Gasteiger partial charge in [-0.1, -0.05) is 23.7 Å². The average Bonchev–Trinajstić information content (AvgIpc) is 2.00. The molecule has 0 radical (unpaired) electrons. The molecule has 1 rings (SSSR count). The fourth-order valence-electron chi connectivity index (χ4n) is 1.15. The minimum absolute atomic E-state index is 0.0109. The normalized spacial score (nSPS) is 13.1. The topological polar surface area (TPSA) is 26.0 Å². The van der Waals surface area contributed by atoms with E-state index in [4.69, 9.17) is 17.3 Å². The Balaban J connectivity index is 3.27. The lowest BCUT2D eigenvalue weighted by molar-refractivity contribution is 0.816. The van der Waals surface area contributed by atoms with Gasteiger partial charge in [0.2, 0.25) is 0 Å². The van der Waals surface area contributed by atoms with Gasteiger partial charge >= 0.3 is 0 Å². The van der Waals surface area contributed by atoms with Crippen molar-refractivity contribution in [1.29, 1.82) is 0 Å². The van der Waals surface area contributed by atoms with Crippen LogP contribution in [0.25, 0.3) is 0 Å². The number of halogens is 1. The van der Waals surface area contributed by atoms with Gasteiger partial charge in [0.25, 0.3) is 0 Å². The van der Waals surface area contributed by atoms with Crippen molar-refractivity contribution < 1.29 is 0 Å². The Bertz CT molecular complexity index is 292. The maximum absolute atomic E-state index is 6.11. The second-order valence-corrected chi connectivity index (χ2v) is 3.58. The molecule has 1 unspecified atom stereocenters. The first-order valence-electron chi connectivity index (χ1n) is 4.05. The van der Waals surface area contributed by atoms with Crippen LogP contribution in [0.2, 0.25) is 5.02 Å². The number of benzene rings is 1. The van der Waals surface area contributed by atoms with Gasteiger partial charge in [-0.3, -0.25) is 0 Å². The Kier molecular flexibility index (Phi) is 2.76. The first kappa shape index (κ1) is 9.56. The Hall–Kier alpha value is -0.530. The molecule has 0 aliphatic heterocycles. The minimum atomic E-state index is 0.0109. The maximum Gasteiger partial charge on any atom is 0.0485 e. The zero-order valence-corrected chi connectivity index (χ0v) is 8.44. The van der Waals surface area contributed by atoms with Crippen LogP contribution in [0, 0.1) is 13.8 Å². The Morgan fingerprint density at radius 3 is 2.42 bits per heavy atom. The van der Waals surface area contributed by atoms with Gasteiger partial charge in [-0.05, 0) is 37.5 Å². The van der Waals surface area contributed by atoms with Gasteiger partial charge in [0.05, 0.1) is 0 Å². The van der Waals surface area contributed by atoms with Crippen LogP contribution in [0.3, 0.4) is 0 Å². The summed E-state index contributed by atoms with van der Waals surface area (Å²) in [4.78, 5) is 0. The van der Waals surface area contributed by atoms with Crippen LogP contribution >= 0.6 is 11.6 Å². The van der Waals surface area contributed by atoms with Gasteiger partial charge < -0.3 is 5.73 Å². The van der Waals surface area contributed by atoms with E-state index < -0.39 is 0 Å². The molecule has 12 heavy (non-hydrogen) atoms. The molecule has 0 fully saturated rings. The van der Waals surface area contributed by atoms with E-state index in [1.807, 2.05) is 26.8 Å². The Morgan fingerprint density at radius 2 is 1.92 bits per heavy atom. The van der Waals surface area contributed by atoms with Gasteiger partial charge in [-0.25, -0.2) is 0 Å². The molecule has 1 aromatic carbocycles. The van der Waals surface area contributed by atoms with Crippen LogP contribution in [-0.4, -0.2) is 0 Å². The fraction of sp³-hybridized carbons (Fsp3) is 0.400. The van der Waals surface area contributed by atoms with E-state index in [0.717, 1.165) is 16.1 Å². The third kappa shape index (κ3) is 1.62. The lowest BCUT2D eigenvalue weighted by Gasteiger charge is -2.11. The molecule has 0 saturated carbocycles. The lowest BCUT2D eigenvalue weighted by Crippen LogP contribution is -2.06. The monoisotopic (exact) mass is 183 g/mol. The summed E-state index contributed by atoms with van der Waals surface area (Å²) in [6.45, 7) is 6.01. The lowest BCUT2D eigenvalue weighted by atomic mass is 10.0. The summed E-state index contributed by atoms with van der Waals surface area (Å²) in [6.07, 6.45) is 0. The van der Waals surface area contributed by atoms with Crippen LogP contribution in [0.15, 0.2) is 12.1 Å². The molecule has 0 heterocycles. The number of rotatable bonds is 1. The van der Waals surface area contributed by atoms with E-state index in [9.17, 15) is 0 Å². The second kappa shape index (κ2) is 3.46. The van der Waals surface area contributed by atoms with E-state index in [1.165, 1.54) is 5.56 Å². The molecule has 0 aromatic heterocycles. The van der Waals surface area contributed by atoms with E-state index >= 15 is 0 Å². The Labute approximate surface area is 78.5 Å².